The average molecular weight is 590 g/mol. The third-order valence-corrected chi connectivity index (χ3v) is 10.4. The molecule has 0 N–H and O–H groups in total. The van der Waals surface area contributed by atoms with Gasteiger partial charge in [0.25, 0.3) is 0 Å². The first-order valence-electron chi connectivity index (χ1n) is 13.6. The molecule has 41 heavy (non-hydrogen) atoms. The van der Waals surface area contributed by atoms with Crippen LogP contribution < -0.4 is 4.90 Å². The molecule has 0 spiro atoms. The van der Waals surface area contributed by atoms with E-state index in [1.54, 1.807) is 18.2 Å². The Balaban J connectivity index is 1.32. The number of amides is 1. The summed E-state index contributed by atoms with van der Waals surface area (Å²) in [6.07, 6.45) is 0.849. The lowest BCUT2D eigenvalue weighted by atomic mass is 10.1. The molecule has 4 aromatic rings. The van der Waals surface area contributed by atoms with Crippen LogP contribution in [-0.4, -0.2) is 72.0 Å². The van der Waals surface area contributed by atoms with Crippen molar-refractivity contribution < 1.29 is 17.9 Å². The normalized spacial score (nSPS) is 16.5. The number of carbonyl (C=O) groups excluding carboxylic acids is 1. The molecule has 6 rings (SSSR count). The monoisotopic (exact) mass is 589 g/mol. The summed E-state index contributed by atoms with van der Waals surface area (Å²) in [7, 11) is -3.69. The van der Waals surface area contributed by atoms with Crippen LogP contribution in [0.1, 0.15) is 24.1 Å². The number of rotatable bonds is 8. The van der Waals surface area contributed by atoms with Gasteiger partial charge in [-0.25, -0.2) is 8.42 Å². The van der Waals surface area contributed by atoms with E-state index >= 15 is 0 Å². The number of hydrogen-bond acceptors (Lipinski definition) is 7. The molecule has 9 nitrogen and oxygen atoms in total. The number of nitrogens with zero attached hydrogens (tertiary/aromatic N) is 5. The minimum atomic E-state index is -3.69. The maximum atomic E-state index is 13.4. The molecule has 3 aromatic carbocycles. The van der Waals surface area contributed by atoms with Gasteiger partial charge in [-0.05, 0) is 42.7 Å². The van der Waals surface area contributed by atoms with Gasteiger partial charge in [-0.2, -0.15) is 4.31 Å². The summed E-state index contributed by atoms with van der Waals surface area (Å²) < 4.78 is 35.6. The second-order valence-electron chi connectivity index (χ2n) is 10.0. The van der Waals surface area contributed by atoms with E-state index in [2.05, 4.69) is 23.2 Å². The van der Waals surface area contributed by atoms with Gasteiger partial charge in [-0.3, -0.25) is 9.36 Å². The van der Waals surface area contributed by atoms with Crippen molar-refractivity contribution in [1.29, 1.82) is 0 Å². The van der Waals surface area contributed by atoms with Crippen LogP contribution in [0.5, 0.6) is 0 Å². The molecular weight excluding hydrogens is 558 g/mol. The number of benzene rings is 3. The standard InChI is InChI=1S/C30H31N5O4S2/c1-22(23-8-3-2-4-9-23)35-29(25-11-7-12-26(20-25)41(37,38)33-16-18-39-19-17-33)31-32-30(35)40-21-28(36)34-15-14-24-10-5-6-13-27(24)34/h2-13,20,22H,14-19,21H2,1H3. The first-order valence-corrected chi connectivity index (χ1v) is 16.1. The number of ether oxygens (including phenoxy) is 1. The number of thioether (sulfide) groups is 1. The lowest BCUT2D eigenvalue weighted by molar-refractivity contribution is -0.116. The van der Waals surface area contributed by atoms with Gasteiger partial charge in [0.1, 0.15) is 0 Å². The summed E-state index contributed by atoms with van der Waals surface area (Å²) in [5.74, 6) is 0.767. The zero-order valence-electron chi connectivity index (χ0n) is 22.7. The highest BCUT2D eigenvalue weighted by atomic mass is 32.2. The molecule has 2 aliphatic heterocycles. The number of anilines is 1. The van der Waals surface area contributed by atoms with Crippen LogP contribution in [0.2, 0.25) is 0 Å². The zero-order chi connectivity index (χ0) is 28.4. The second kappa shape index (κ2) is 11.8. The molecule has 0 bridgehead atoms. The number of fused-ring (bicyclic) bond motifs is 1. The Kier molecular flexibility index (Phi) is 7.94. The number of carbonyl (C=O) groups is 1. The third-order valence-electron chi connectivity index (χ3n) is 7.55. The maximum Gasteiger partial charge on any atom is 0.243 e. The number of para-hydroxylation sites is 1. The van der Waals surface area contributed by atoms with E-state index in [9.17, 15) is 13.2 Å². The summed E-state index contributed by atoms with van der Waals surface area (Å²) in [5, 5.41) is 9.61. The van der Waals surface area contributed by atoms with Crippen LogP contribution >= 0.6 is 11.8 Å². The highest BCUT2D eigenvalue weighted by molar-refractivity contribution is 7.99. The van der Waals surface area contributed by atoms with Gasteiger partial charge in [-0.1, -0.05) is 72.4 Å². The van der Waals surface area contributed by atoms with Crippen LogP contribution in [0.4, 0.5) is 5.69 Å². The van der Waals surface area contributed by atoms with E-state index in [0.29, 0.717) is 49.4 Å². The third kappa shape index (κ3) is 5.54. The van der Waals surface area contributed by atoms with Gasteiger partial charge >= 0.3 is 0 Å². The highest BCUT2D eigenvalue weighted by Gasteiger charge is 2.29. The van der Waals surface area contributed by atoms with Gasteiger partial charge in [0.15, 0.2) is 11.0 Å². The van der Waals surface area contributed by atoms with E-state index in [4.69, 9.17) is 4.74 Å². The van der Waals surface area contributed by atoms with Crippen LogP contribution in [0, 0.1) is 0 Å². The van der Waals surface area contributed by atoms with E-state index in [1.807, 2.05) is 64.1 Å². The first-order chi connectivity index (χ1) is 19.9. The number of aromatic nitrogens is 3. The number of morpholine rings is 1. The van der Waals surface area contributed by atoms with E-state index in [1.165, 1.54) is 21.6 Å². The van der Waals surface area contributed by atoms with E-state index < -0.39 is 10.0 Å². The van der Waals surface area contributed by atoms with Crippen molar-refractivity contribution in [3.63, 3.8) is 0 Å². The Morgan fingerprint density at radius 2 is 1.71 bits per heavy atom. The highest BCUT2D eigenvalue weighted by Crippen LogP contribution is 2.34. The van der Waals surface area contributed by atoms with Crippen LogP contribution in [-0.2, 0) is 26.0 Å². The summed E-state index contributed by atoms with van der Waals surface area (Å²) in [6, 6.07) is 24.7. The Morgan fingerprint density at radius 1 is 0.951 bits per heavy atom. The molecule has 1 fully saturated rings. The molecule has 2 aliphatic rings. The van der Waals surface area contributed by atoms with Crippen molar-refractivity contribution in [3.8, 4) is 11.4 Å². The quantitative estimate of drug-likeness (QED) is 0.284. The Bertz CT molecular complexity index is 1650. The Labute approximate surface area is 244 Å². The van der Waals surface area contributed by atoms with Crippen LogP contribution in [0.25, 0.3) is 11.4 Å². The molecule has 0 saturated carbocycles. The van der Waals surface area contributed by atoms with Crippen molar-refractivity contribution in [2.75, 3.05) is 43.5 Å². The largest absolute Gasteiger partial charge is 0.379 e. The average Bonchev–Trinajstić information content (AvgIpc) is 3.65. The van der Waals surface area contributed by atoms with Crippen molar-refractivity contribution >= 4 is 33.4 Å². The Morgan fingerprint density at radius 3 is 2.51 bits per heavy atom. The summed E-state index contributed by atoms with van der Waals surface area (Å²) in [6.45, 7) is 4.13. The van der Waals surface area contributed by atoms with Crippen molar-refractivity contribution in [2.24, 2.45) is 0 Å². The van der Waals surface area contributed by atoms with Gasteiger partial charge in [-0.15, -0.1) is 10.2 Å². The smallest absolute Gasteiger partial charge is 0.243 e. The first kappa shape index (κ1) is 27.6. The topological polar surface area (TPSA) is 97.6 Å². The van der Waals surface area contributed by atoms with Crippen molar-refractivity contribution in [2.45, 2.75) is 29.4 Å². The maximum absolute atomic E-state index is 13.4. The molecular formula is C30H31N5O4S2. The molecule has 3 heterocycles. The van der Waals surface area contributed by atoms with Gasteiger partial charge in [0.05, 0.1) is 29.9 Å². The minimum Gasteiger partial charge on any atom is -0.379 e. The lowest BCUT2D eigenvalue weighted by Crippen LogP contribution is -2.40. The molecule has 0 radical (unpaired) electrons. The van der Waals surface area contributed by atoms with Gasteiger partial charge in [0.2, 0.25) is 15.9 Å². The molecule has 1 unspecified atom stereocenters. The molecule has 1 aromatic heterocycles. The lowest BCUT2D eigenvalue weighted by Gasteiger charge is -2.26. The fourth-order valence-corrected chi connectivity index (χ4v) is 7.68. The molecule has 1 atom stereocenters. The molecule has 212 valence electrons. The number of sulfonamides is 1. The SMILES string of the molecule is CC(c1ccccc1)n1c(SCC(=O)N2CCc3ccccc32)nnc1-c1cccc(S(=O)(=O)N2CCOCC2)c1. The summed E-state index contributed by atoms with van der Waals surface area (Å²) >= 11 is 1.35. The predicted molar refractivity (Wildman–Crippen MR) is 159 cm³/mol. The molecule has 11 heteroatoms. The summed E-state index contributed by atoms with van der Waals surface area (Å²) in [4.78, 5) is 15.3. The van der Waals surface area contributed by atoms with Crippen molar-refractivity contribution in [3.05, 3.63) is 90.0 Å². The second-order valence-corrected chi connectivity index (χ2v) is 12.9. The molecule has 1 saturated heterocycles. The predicted octanol–water partition coefficient (Wildman–Crippen LogP) is 4.26. The van der Waals surface area contributed by atoms with E-state index in [0.717, 1.165) is 17.7 Å². The number of hydrogen-bond donors (Lipinski definition) is 0. The molecule has 0 aliphatic carbocycles. The minimum absolute atomic E-state index is 0.0158. The van der Waals surface area contributed by atoms with Crippen molar-refractivity contribution in [1.82, 2.24) is 19.1 Å². The summed E-state index contributed by atoms with van der Waals surface area (Å²) in [5.41, 5.74) is 3.84. The van der Waals surface area contributed by atoms with Gasteiger partial charge in [0, 0.05) is 30.9 Å². The fourth-order valence-electron chi connectivity index (χ4n) is 5.34. The van der Waals surface area contributed by atoms with Gasteiger partial charge < -0.3 is 9.64 Å². The fraction of sp³-hybridized carbons (Fsp3) is 0.300. The van der Waals surface area contributed by atoms with Crippen LogP contribution in [0.3, 0.4) is 0 Å². The van der Waals surface area contributed by atoms with Crippen LogP contribution in [0.15, 0.2) is 88.9 Å². The Hall–Kier alpha value is -3.51. The van der Waals surface area contributed by atoms with E-state index in [-0.39, 0.29) is 22.6 Å². The molecule has 1 amide bonds. The zero-order valence-corrected chi connectivity index (χ0v) is 24.4.